The third kappa shape index (κ3) is 4.33. The standard InChI is InChI=1S/C26H27NO6S/c1-28-19-9-7-15(11-21(19)30-3)25-17-13-23(32-5)24(33-6)14-18(17)27-26(34-25)16-8-10-20(29-2)22(12-16)31-4/h7-14,25H,1-6H3. The van der Waals surface area contributed by atoms with E-state index in [0.29, 0.717) is 34.5 Å². The number of nitrogens with zero attached hydrogens (tertiary/aromatic N) is 1. The van der Waals surface area contributed by atoms with E-state index in [-0.39, 0.29) is 5.25 Å². The first kappa shape index (κ1) is 23.6. The van der Waals surface area contributed by atoms with Gasteiger partial charge in [-0.3, -0.25) is 0 Å². The van der Waals surface area contributed by atoms with E-state index in [2.05, 4.69) is 0 Å². The molecule has 1 aliphatic heterocycles. The van der Waals surface area contributed by atoms with Gasteiger partial charge < -0.3 is 28.4 Å². The summed E-state index contributed by atoms with van der Waals surface area (Å²) >= 11 is 1.64. The highest BCUT2D eigenvalue weighted by Gasteiger charge is 2.29. The predicted molar refractivity (Wildman–Crippen MR) is 134 cm³/mol. The molecular weight excluding hydrogens is 454 g/mol. The van der Waals surface area contributed by atoms with E-state index in [1.165, 1.54) is 0 Å². The van der Waals surface area contributed by atoms with Crippen molar-refractivity contribution in [2.75, 3.05) is 42.7 Å². The summed E-state index contributed by atoms with van der Waals surface area (Å²) in [4.78, 5) is 4.97. The van der Waals surface area contributed by atoms with Crippen LogP contribution in [0.4, 0.5) is 5.69 Å². The minimum Gasteiger partial charge on any atom is -0.493 e. The lowest BCUT2D eigenvalue weighted by Crippen LogP contribution is -2.10. The molecule has 1 aliphatic rings. The summed E-state index contributed by atoms with van der Waals surface area (Å²) in [7, 11) is 9.75. The molecular formula is C26H27NO6S. The average Bonchev–Trinajstić information content (AvgIpc) is 2.90. The summed E-state index contributed by atoms with van der Waals surface area (Å²) in [6.07, 6.45) is 0. The quantitative estimate of drug-likeness (QED) is 0.412. The molecule has 0 saturated heterocycles. The van der Waals surface area contributed by atoms with Crippen molar-refractivity contribution in [1.29, 1.82) is 0 Å². The van der Waals surface area contributed by atoms with Crippen LogP contribution in [-0.2, 0) is 0 Å². The number of ether oxygens (including phenoxy) is 6. The van der Waals surface area contributed by atoms with Crippen molar-refractivity contribution < 1.29 is 28.4 Å². The van der Waals surface area contributed by atoms with Gasteiger partial charge >= 0.3 is 0 Å². The second-order valence-electron chi connectivity index (χ2n) is 7.37. The Morgan fingerprint density at radius 3 is 1.74 bits per heavy atom. The Bertz CT molecular complexity index is 1230. The first-order chi connectivity index (χ1) is 16.6. The number of rotatable bonds is 8. The fourth-order valence-corrected chi connectivity index (χ4v) is 5.10. The molecule has 0 radical (unpaired) electrons. The van der Waals surface area contributed by atoms with Crippen molar-refractivity contribution in [2.45, 2.75) is 5.25 Å². The van der Waals surface area contributed by atoms with Crippen LogP contribution in [0.3, 0.4) is 0 Å². The van der Waals surface area contributed by atoms with Gasteiger partial charge in [-0.1, -0.05) is 17.8 Å². The van der Waals surface area contributed by atoms with Crippen LogP contribution in [0.1, 0.15) is 21.9 Å². The molecule has 0 spiro atoms. The molecule has 0 aromatic heterocycles. The number of methoxy groups -OCH3 is 6. The van der Waals surface area contributed by atoms with Gasteiger partial charge in [0.25, 0.3) is 0 Å². The molecule has 1 unspecified atom stereocenters. The van der Waals surface area contributed by atoms with E-state index in [9.17, 15) is 0 Å². The van der Waals surface area contributed by atoms with Crippen LogP contribution in [0.25, 0.3) is 0 Å². The molecule has 0 saturated carbocycles. The van der Waals surface area contributed by atoms with E-state index in [1.807, 2.05) is 48.5 Å². The molecule has 1 heterocycles. The average molecular weight is 482 g/mol. The van der Waals surface area contributed by atoms with Crippen molar-refractivity contribution in [3.63, 3.8) is 0 Å². The lowest BCUT2D eigenvalue weighted by molar-refractivity contribution is 0.354. The Morgan fingerprint density at radius 1 is 0.588 bits per heavy atom. The molecule has 178 valence electrons. The zero-order chi connectivity index (χ0) is 24.2. The molecule has 8 heteroatoms. The summed E-state index contributed by atoms with van der Waals surface area (Å²) in [5.74, 6) is 3.91. The van der Waals surface area contributed by atoms with E-state index in [4.69, 9.17) is 33.4 Å². The topological polar surface area (TPSA) is 67.7 Å². The van der Waals surface area contributed by atoms with Crippen molar-refractivity contribution in [1.82, 2.24) is 0 Å². The number of benzene rings is 3. The molecule has 0 fully saturated rings. The molecule has 0 aliphatic carbocycles. The third-order valence-electron chi connectivity index (χ3n) is 5.61. The third-order valence-corrected chi connectivity index (χ3v) is 6.92. The summed E-state index contributed by atoms with van der Waals surface area (Å²) in [5.41, 5.74) is 3.79. The van der Waals surface area contributed by atoms with E-state index < -0.39 is 0 Å². The maximum Gasteiger partial charge on any atom is 0.162 e. The van der Waals surface area contributed by atoms with Crippen LogP contribution in [-0.4, -0.2) is 47.7 Å². The summed E-state index contributed by atoms with van der Waals surface area (Å²) in [6, 6.07) is 15.6. The molecule has 1 atom stereocenters. The van der Waals surface area contributed by atoms with Gasteiger partial charge in [0.05, 0.1) is 53.6 Å². The number of hydrogen-bond acceptors (Lipinski definition) is 8. The molecule has 0 amide bonds. The highest BCUT2D eigenvalue weighted by Crippen LogP contribution is 2.51. The van der Waals surface area contributed by atoms with Crippen molar-refractivity contribution in [3.8, 4) is 34.5 Å². The number of thioether (sulfide) groups is 1. The molecule has 4 rings (SSSR count). The van der Waals surface area contributed by atoms with Gasteiger partial charge in [0.15, 0.2) is 34.5 Å². The van der Waals surface area contributed by atoms with Crippen LogP contribution in [0.2, 0.25) is 0 Å². The molecule has 7 nitrogen and oxygen atoms in total. The number of aliphatic imine (C=N–C) groups is 1. The van der Waals surface area contributed by atoms with E-state index >= 15 is 0 Å². The number of fused-ring (bicyclic) bond motifs is 1. The lowest BCUT2D eigenvalue weighted by atomic mass is 10.0. The predicted octanol–water partition coefficient (Wildman–Crippen LogP) is 5.65. The SMILES string of the molecule is COc1ccc(C2=Nc3cc(OC)c(OC)cc3C(c3ccc(OC)c(OC)c3)S2)cc1OC. The monoisotopic (exact) mass is 481 g/mol. The minimum absolute atomic E-state index is 0.0739. The van der Waals surface area contributed by atoms with Crippen molar-refractivity contribution in [2.24, 2.45) is 4.99 Å². The van der Waals surface area contributed by atoms with Gasteiger partial charge in [-0.15, -0.1) is 0 Å². The molecule has 3 aromatic rings. The van der Waals surface area contributed by atoms with Crippen LogP contribution in [0.15, 0.2) is 53.5 Å². The van der Waals surface area contributed by atoms with Crippen molar-refractivity contribution in [3.05, 3.63) is 65.2 Å². The number of hydrogen-bond donors (Lipinski definition) is 0. The second-order valence-corrected chi connectivity index (χ2v) is 8.46. The molecule has 0 bridgehead atoms. The van der Waals surface area contributed by atoms with Crippen LogP contribution in [0.5, 0.6) is 34.5 Å². The Hall–Kier alpha value is -3.52. The Balaban J connectivity index is 1.88. The van der Waals surface area contributed by atoms with Gasteiger partial charge in [0.1, 0.15) is 5.04 Å². The Morgan fingerprint density at radius 2 is 1.12 bits per heavy atom. The fourth-order valence-electron chi connectivity index (χ4n) is 3.87. The maximum atomic E-state index is 5.58. The summed E-state index contributed by atoms with van der Waals surface area (Å²) in [5, 5.41) is 0.774. The zero-order valence-corrected chi connectivity index (χ0v) is 20.8. The zero-order valence-electron chi connectivity index (χ0n) is 20.0. The largest absolute Gasteiger partial charge is 0.493 e. The minimum atomic E-state index is -0.0739. The smallest absolute Gasteiger partial charge is 0.162 e. The van der Waals surface area contributed by atoms with Crippen LogP contribution >= 0.6 is 11.8 Å². The van der Waals surface area contributed by atoms with Crippen LogP contribution in [0, 0.1) is 0 Å². The van der Waals surface area contributed by atoms with Gasteiger partial charge in [-0.25, -0.2) is 4.99 Å². The Labute approximate surface area is 203 Å². The molecule has 34 heavy (non-hydrogen) atoms. The first-order valence-corrected chi connectivity index (χ1v) is 11.4. The second kappa shape index (κ2) is 10.2. The van der Waals surface area contributed by atoms with Gasteiger partial charge in [-0.05, 0) is 47.5 Å². The normalized spacial score (nSPS) is 14.5. The first-order valence-electron chi connectivity index (χ1n) is 10.5. The van der Waals surface area contributed by atoms with E-state index in [0.717, 1.165) is 27.4 Å². The fraction of sp³-hybridized carbons (Fsp3) is 0.269. The maximum absolute atomic E-state index is 5.58. The van der Waals surface area contributed by atoms with Crippen molar-refractivity contribution >= 4 is 22.5 Å². The highest BCUT2D eigenvalue weighted by molar-refractivity contribution is 8.14. The highest BCUT2D eigenvalue weighted by atomic mass is 32.2. The summed E-state index contributed by atoms with van der Waals surface area (Å²) < 4.78 is 33.0. The van der Waals surface area contributed by atoms with E-state index in [1.54, 1.807) is 54.4 Å². The van der Waals surface area contributed by atoms with Gasteiger partial charge in [-0.2, -0.15) is 0 Å². The molecule has 3 aromatic carbocycles. The summed E-state index contributed by atoms with van der Waals surface area (Å²) in [6.45, 7) is 0. The lowest BCUT2D eigenvalue weighted by Gasteiger charge is -2.27. The van der Waals surface area contributed by atoms with Crippen LogP contribution < -0.4 is 28.4 Å². The molecule has 0 N–H and O–H groups in total. The van der Waals surface area contributed by atoms with Gasteiger partial charge in [0.2, 0.25) is 0 Å². The Kier molecular flexibility index (Phi) is 7.07. The van der Waals surface area contributed by atoms with Gasteiger partial charge in [0, 0.05) is 11.6 Å².